The monoisotopic (exact) mass is 383 g/mol. The molecular formula is C20H21N3O3S. The number of aryl methyl sites for hydroxylation is 2. The number of benzene rings is 2. The normalized spacial score (nSPS) is 11.1. The molecule has 27 heavy (non-hydrogen) atoms. The fourth-order valence-corrected chi connectivity index (χ4v) is 3.70. The van der Waals surface area contributed by atoms with Gasteiger partial charge in [0.25, 0.3) is 10.0 Å². The summed E-state index contributed by atoms with van der Waals surface area (Å²) in [6, 6.07) is 15.7. The van der Waals surface area contributed by atoms with Crippen LogP contribution in [-0.4, -0.2) is 20.5 Å². The van der Waals surface area contributed by atoms with Crippen LogP contribution in [0.5, 0.6) is 5.75 Å². The number of pyridine rings is 1. The highest BCUT2D eigenvalue weighted by molar-refractivity contribution is 7.92. The molecule has 0 aliphatic rings. The molecule has 2 aromatic carbocycles. The Morgan fingerprint density at radius 3 is 2.11 bits per heavy atom. The van der Waals surface area contributed by atoms with Gasteiger partial charge in [0.2, 0.25) is 0 Å². The first kappa shape index (κ1) is 18.7. The van der Waals surface area contributed by atoms with E-state index in [0.717, 1.165) is 22.5 Å². The molecule has 0 saturated heterocycles. The third kappa shape index (κ3) is 4.77. The Bertz CT molecular complexity index is 1010. The van der Waals surface area contributed by atoms with Gasteiger partial charge in [-0.15, -0.1) is 0 Å². The Labute approximate surface area is 159 Å². The van der Waals surface area contributed by atoms with Crippen molar-refractivity contribution in [3.05, 3.63) is 71.9 Å². The van der Waals surface area contributed by atoms with E-state index in [1.165, 1.54) is 19.2 Å². The first-order valence-electron chi connectivity index (χ1n) is 8.34. The van der Waals surface area contributed by atoms with Crippen molar-refractivity contribution in [2.75, 3.05) is 17.1 Å². The summed E-state index contributed by atoms with van der Waals surface area (Å²) in [6.45, 7) is 4.07. The molecule has 7 heteroatoms. The molecule has 0 spiro atoms. The summed E-state index contributed by atoms with van der Waals surface area (Å²) >= 11 is 0. The number of anilines is 3. The van der Waals surface area contributed by atoms with Gasteiger partial charge in [0, 0.05) is 5.69 Å². The van der Waals surface area contributed by atoms with Crippen molar-refractivity contribution in [3.8, 4) is 5.75 Å². The van der Waals surface area contributed by atoms with E-state index in [4.69, 9.17) is 4.74 Å². The number of rotatable bonds is 6. The molecule has 1 aromatic heterocycles. The molecular weight excluding hydrogens is 362 g/mol. The van der Waals surface area contributed by atoms with Crippen LogP contribution in [-0.2, 0) is 10.0 Å². The minimum atomic E-state index is -3.71. The maximum Gasteiger partial charge on any atom is 0.263 e. The van der Waals surface area contributed by atoms with Gasteiger partial charge in [0.15, 0.2) is 0 Å². The summed E-state index contributed by atoms with van der Waals surface area (Å²) in [7, 11) is -2.18. The predicted molar refractivity (Wildman–Crippen MR) is 107 cm³/mol. The van der Waals surface area contributed by atoms with Crippen molar-refractivity contribution >= 4 is 27.2 Å². The van der Waals surface area contributed by atoms with E-state index in [-0.39, 0.29) is 10.7 Å². The second-order valence-electron chi connectivity index (χ2n) is 6.21. The van der Waals surface area contributed by atoms with Crippen LogP contribution >= 0.6 is 0 Å². The number of nitrogens with one attached hydrogen (secondary N) is 2. The van der Waals surface area contributed by atoms with Crippen molar-refractivity contribution in [2.24, 2.45) is 0 Å². The Morgan fingerprint density at radius 1 is 0.889 bits per heavy atom. The Morgan fingerprint density at radius 2 is 1.56 bits per heavy atom. The zero-order valence-corrected chi connectivity index (χ0v) is 16.2. The van der Waals surface area contributed by atoms with E-state index in [1.54, 1.807) is 30.5 Å². The number of methoxy groups -OCH3 is 1. The smallest absolute Gasteiger partial charge is 0.263 e. The average molecular weight is 383 g/mol. The highest BCUT2D eigenvalue weighted by Gasteiger charge is 2.14. The van der Waals surface area contributed by atoms with E-state index in [0.29, 0.717) is 5.75 Å². The van der Waals surface area contributed by atoms with Gasteiger partial charge in [-0.2, -0.15) is 0 Å². The molecule has 2 N–H and O–H groups in total. The molecule has 1 heterocycles. The molecule has 0 fully saturated rings. The second-order valence-corrected chi connectivity index (χ2v) is 7.90. The quantitative estimate of drug-likeness (QED) is 0.665. The standard InChI is InChI=1S/C20H21N3O3S/c1-14-10-15(2)12-17(11-14)22-16-4-9-20(21-13-16)23-27(24,25)19-7-5-18(26-3)6-8-19/h4-13,22H,1-3H3,(H,21,23). The van der Waals surface area contributed by atoms with Crippen LogP contribution in [0.1, 0.15) is 11.1 Å². The molecule has 0 saturated carbocycles. The lowest BCUT2D eigenvalue weighted by Crippen LogP contribution is -2.13. The van der Waals surface area contributed by atoms with Gasteiger partial charge in [-0.3, -0.25) is 4.72 Å². The molecule has 0 unspecified atom stereocenters. The van der Waals surface area contributed by atoms with Crippen LogP contribution in [0, 0.1) is 13.8 Å². The SMILES string of the molecule is COc1ccc(S(=O)(=O)Nc2ccc(Nc3cc(C)cc(C)c3)cn2)cc1. The third-order valence-corrected chi connectivity index (χ3v) is 5.25. The summed E-state index contributed by atoms with van der Waals surface area (Å²) in [5, 5.41) is 3.27. The van der Waals surface area contributed by atoms with Crippen molar-refractivity contribution in [1.82, 2.24) is 4.98 Å². The lowest BCUT2D eigenvalue weighted by atomic mass is 10.1. The second kappa shape index (κ2) is 7.67. The summed E-state index contributed by atoms with van der Waals surface area (Å²) in [5.41, 5.74) is 4.05. The number of hydrogen-bond donors (Lipinski definition) is 2. The Hall–Kier alpha value is -3.06. The fraction of sp³-hybridized carbons (Fsp3) is 0.150. The van der Waals surface area contributed by atoms with Crippen molar-refractivity contribution in [2.45, 2.75) is 18.7 Å². The fourth-order valence-electron chi connectivity index (χ4n) is 2.69. The van der Waals surface area contributed by atoms with Gasteiger partial charge in [-0.05, 0) is 73.5 Å². The number of sulfonamides is 1. The highest BCUT2D eigenvalue weighted by atomic mass is 32.2. The first-order chi connectivity index (χ1) is 12.9. The Kier molecular flexibility index (Phi) is 5.32. The molecule has 140 valence electrons. The van der Waals surface area contributed by atoms with E-state index >= 15 is 0 Å². The van der Waals surface area contributed by atoms with Crippen molar-refractivity contribution in [1.29, 1.82) is 0 Å². The van der Waals surface area contributed by atoms with Gasteiger partial charge in [0.05, 0.1) is 23.9 Å². The zero-order valence-electron chi connectivity index (χ0n) is 15.4. The minimum absolute atomic E-state index is 0.141. The largest absolute Gasteiger partial charge is 0.497 e. The first-order valence-corrected chi connectivity index (χ1v) is 9.82. The lowest BCUT2D eigenvalue weighted by Gasteiger charge is -2.10. The average Bonchev–Trinajstić information content (AvgIpc) is 2.62. The van der Waals surface area contributed by atoms with E-state index < -0.39 is 10.0 Å². The van der Waals surface area contributed by atoms with Crippen LogP contribution in [0.4, 0.5) is 17.2 Å². The maximum atomic E-state index is 12.4. The molecule has 0 amide bonds. The zero-order chi connectivity index (χ0) is 19.4. The van der Waals surface area contributed by atoms with Gasteiger partial charge in [-0.25, -0.2) is 13.4 Å². The molecule has 0 aliphatic heterocycles. The minimum Gasteiger partial charge on any atom is -0.497 e. The molecule has 0 bridgehead atoms. The van der Waals surface area contributed by atoms with Crippen LogP contribution in [0.25, 0.3) is 0 Å². The van der Waals surface area contributed by atoms with Gasteiger partial charge in [-0.1, -0.05) is 6.07 Å². The maximum absolute atomic E-state index is 12.4. The van der Waals surface area contributed by atoms with Crippen LogP contribution in [0.2, 0.25) is 0 Å². The molecule has 3 aromatic rings. The van der Waals surface area contributed by atoms with Gasteiger partial charge >= 0.3 is 0 Å². The molecule has 3 rings (SSSR count). The predicted octanol–water partition coefficient (Wildman–Crippen LogP) is 4.25. The third-order valence-electron chi connectivity index (χ3n) is 3.88. The van der Waals surface area contributed by atoms with Crippen molar-refractivity contribution < 1.29 is 13.2 Å². The number of nitrogens with zero attached hydrogens (tertiary/aromatic N) is 1. The van der Waals surface area contributed by atoms with Gasteiger partial charge in [0.1, 0.15) is 11.6 Å². The molecule has 0 atom stereocenters. The van der Waals surface area contributed by atoms with E-state index in [9.17, 15) is 8.42 Å². The summed E-state index contributed by atoms with van der Waals surface area (Å²) in [5.74, 6) is 0.839. The van der Waals surface area contributed by atoms with Crippen molar-refractivity contribution in [3.63, 3.8) is 0 Å². The lowest BCUT2D eigenvalue weighted by molar-refractivity contribution is 0.414. The van der Waals surface area contributed by atoms with Crippen LogP contribution in [0.15, 0.2) is 65.7 Å². The summed E-state index contributed by atoms with van der Waals surface area (Å²) in [6.07, 6.45) is 1.59. The summed E-state index contributed by atoms with van der Waals surface area (Å²) in [4.78, 5) is 4.33. The summed E-state index contributed by atoms with van der Waals surface area (Å²) < 4.78 is 32.4. The number of ether oxygens (including phenoxy) is 1. The van der Waals surface area contributed by atoms with Crippen LogP contribution in [0.3, 0.4) is 0 Å². The topological polar surface area (TPSA) is 80.3 Å². The molecule has 0 radical (unpaired) electrons. The molecule has 0 aliphatic carbocycles. The number of aromatic nitrogens is 1. The number of hydrogen-bond acceptors (Lipinski definition) is 5. The Balaban J connectivity index is 1.72. The van der Waals surface area contributed by atoms with Crippen LogP contribution < -0.4 is 14.8 Å². The molecule has 6 nitrogen and oxygen atoms in total. The van der Waals surface area contributed by atoms with Gasteiger partial charge < -0.3 is 10.1 Å². The van der Waals surface area contributed by atoms with E-state index in [1.807, 2.05) is 26.0 Å². The highest BCUT2D eigenvalue weighted by Crippen LogP contribution is 2.22. The van der Waals surface area contributed by atoms with E-state index in [2.05, 4.69) is 21.1 Å².